The summed E-state index contributed by atoms with van der Waals surface area (Å²) >= 11 is 2.66. The van der Waals surface area contributed by atoms with E-state index < -0.39 is 0 Å². The molecule has 2 aliphatic rings. The molecule has 10 nitrogen and oxygen atoms in total. The van der Waals surface area contributed by atoms with Crippen molar-refractivity contribution in [2.75, 3.05) is 47.6 Å². The van der Waals surface area contributed by atoms with Crippen LogP contribution in [0.25, 0.3) is 32.6 Å². The number of likely N-dealkylation sites (tertiary alicyclic amines) is 2. The van der Waals surface area contributed by atoms with Crippen molar-refractivity contribution < 1.29 is 18.9 Å². The third-order valence-corrected chi connectivity index (χ3v) is 15.9. The Hall–Kier alpha value is -4.33. The largest absolute Gasteiger partial charge is 0.497 e. The van der Waals surface area contributed by atoms with E-state index in [4.69, 9.17) is 39.1 Å². The van der Waals surface area contributed by atoms with E-state index in [1.165, 1.54) is 43.2 Å². The van der Waals surface area contributed by atoms with Gasteiger partial charge in [-0.15, -0.1) is 10.2 Å². The highest BCUT2D eigenvalue weighted by Crippen LogP contribution is 2.42. The van der Waals surface area contributed by atoms with Gasteiger partial charge in [0, 0.05) is 47.1 Å². The Morgan fingerprint density at radius 3 is 1.98 bits per heavy atom. The summed E-state index contributed by atoms with van der Waals surface area (Å²) in [7, 11) is 5.70. The number of fused-ring (bicyclic) bond motifs is 3. The molecule has 0 amide bonds. The molecule has 11 heteroatoms. The van der Waals surface area contributed by atoms with Gasteiger partial charge in [0.2, 0.25) is 11.8 Å². The van der Waals surface area contributed by atoms with Crippen LogP contribution < -0.4 is 18.9 Å². The number of alkyl halides is 1. The second kappa shape index (κ2) is 20.0. The van der Waals surface area contributed by atoms with E-state index in [2.05, 4.69) is 104 Å². The molecular weight excluding hydrogens is 888 g/mol. The fraction of sp³-hybridized carbons (Fsp3) is 0.490. The zero-order valence-electron chi connectivity index (χ0n) is 37.5. The summed E-state index contributed by atoms with van der Waals surface area (Å²) in [6.45, 7) is 12.4. The first-order valence-electron chi connectivity index (χ1n) is 22.7. The average molecular weight is 951 g/mol. The first-order chi connectivity index (χ1) is 30.2. The number of methoxy groups -OCH3 is 2. The van der Waals surface area contributed by atoms with Gasteiger partial charge in [0.15, 0.2) is 0 Å². The van der Waals surface area contributed by atoms with E-state index in [0.717, 1.165) is 63.6 Å². The highest BCUT2D eigenvalue weighted by molar-refractivity contribution is 14.1. The van der Waals surface area contributed by atoms with Crippen molar-refractivity contribution >= 4 is 55.2 Å². The van der Waals surface area contributed by atoms with Crippen LogP contribution in [0.2, 0.25) is 0 Å². The van der Waals surface area contributed by atoms with Crippen LogP contribution in [0.4, 0.5) is 0 Å². The van der Waals surface area contributed by atoms with Gasteiger partial charge >= 0.3 is 0 Å². The van der Waals surface area contributed by atoms with Crippen LogP contribution in [0.15, 0.2) is 85.2 Å². The van der Waals surface area contributed by atoms with Gasteiger partial charge in [0.1, 0.15) is 11.5 Å². The van der Waals surface area contributed by atoms with Crippen LogP contribution in [0.1, 0.15) is 89.2 Å². The Morgan fingerprint density at radius 1 is 0.758 bits per heavy atom. The number of hydrogen-bond donors (Lipinski definition) is 0. The molecule has 0 spiro atoms. The molecule has 6 aromatic rings. The first kappa shape index (κ1) is 44.3. The maximum atomic E-state index is 6.90. The summed E-state index contributed by atoms with van der Waals surface area (Å²) in [6, 6.07) is 25.5. The number of rotatable bonds is 17. The molecule has 62 heavy (non-hydrogen) atoms. The predicted molar refractivity (Wildman–Crippen MR) is 258 cm³/mol. The van der Waals surface area contributed by atoms with Gasteiger partial charge in [-0.1, -0.05) is 68.3 Å². The number of halogens is 1. The Kier molecular flexibility index (Phi) is 14.3. The van der Waals surface area contributed by atoms with E-state index in [-0.39, 0.29) is 21.9 Å². The average Bonchev–Trinajstić information content (AvgIpc) is 3.68. The van der Waals surface area contributed by atoms with Crippen LogP contribution in [0.3, 0.4) is 0 Å². The quantitative estimate of drug-likeness (QED) is 0.0500. The van der Waals surface area contributed by atoms with Crippen LogP contribution in [-0.4, -0.2) is 93.7 Å². The van der Waals surface area contributed by atoms with Gasteiger partial charge < -0.3 is 23.8 Å². The van der Waals surface area contributed by atoms with Gasteiger partial charge in [-0.2, -0.15) is 0 Å². The fourth-order valence-corrected chi connectivity index (χ4v) is 11.7. The highest BCUT2D eigenvalue weighted by atomic mass is 127. The highest BCUT2D eigenvalue weighted by Gasteiger charge is 2.39. The van der Waals surface area contributed by atoms with E-state index >= 15 is 0 Å². The lowest BCUT2D eigenvalue weighted by atomic mass is 9.75. The van der Waals surface area contributed by atoms with Crippen molar-refractivity contribution in [1.29, 1.82) is 0 Å². The number of ether oxygens (including phenoxy) is 4. The molecule has 0 N–H and O–H groups in total. The molecule has 2 saturated heterocycles. The number of pyridine rings is 2. The maximum Gasteiger partial charge on any atom is 0.241 e. The van der Waals surface area contributed by atoms with E-state index in [9.17, 15) is 0 Å². The van der Waals surface area contributed by atoms with Crippen LogP contribution in [-0.2, 0) is 0 Å². The molecule has 0 radical (unpaired) electrons. The van der Waals surface area contributed by atoms with Gasteiger partial charge in [0.05, 0.1) is 53.3 Å². The summed E-state index contributed by atoms with van der Waals surface area (Å²) in [5.41, 5.74) is 4.28. The minimum absolute atomic E-state index is 0.00817. The molecule has 3 aromatic heterocycles. The number of nitrogens with zero attached hydrogens (tertiary/aromatic N) is 6. The number of benzene rings is 3. The summed E-state index contributed by atoms with van der Waals surface area (Å²) in [6.07, 6.45) is 11.0. The van der Waals surface area contributed by atoms with Crippen molar-refractivity contribution in [2.24, 2.45) is 17.8 Å². The third kappa shape index (κ3) is 9.17. The normalized spacial score (nSPS) is 21.8. The second-order valence-corrected chi connectivity index (χ2v) is 18.9. The Labute approximate surface area is 381 Å². The topological polar surface area (TPSA) is 95.0 Å². The predicted octanol–water partition coefficient (Wildman–Crippen LogP) is 11.1. The minimum atomic E-state index is 0.00817. The SMILES string of the molecule is CCCC1CCN([C@H](I)[C@@H](COc2nnc(OC[C@@H](c3ccnc4ccc(OC)cc34)[C@H]3CC(C(C)CC)CCN3C)c3ccccc23)c2ccnc3ccc(OC)cc23)C1C. The lowest BCUT2D eigenvalue weighted by Crippen LogP contribution is -2.46. The smallest absolute Gasteiger partial charge is 0.241 e. The molecule has 8 atom stereocenters. The van der Waals surface area contributed by atoms with Crippen LogP contribution >= 0.6 is 22.6 Å². The number of hydrogen-bond acceptors (Lipinski definition) is 10. The van der Waals surface area contributed by atoms with Crippen LogP contribution in [0, 0.1) is 17.8 Å². The molecule has 4 unspecified atom stereocenters. The molecule has 2 fully saturated rings. The van der Waals surface area contributed by atoms with Gasteiger partial charge in [0.25, 0.3) is 0 Å². The molecular formula is C51H63IN6O4. The molecule has 2 aliphatic heterocycles. The van der Waals surface area contributed by atoms with E-state index in [1.807, 2.05) is 48.8 Å². The summed E-state index contributed by atoms with van der Waals surface area (Å²) in [4.78, 5) is 14.7. The zero-order chi connectivity index (χ0) is 43.3. The molecule has 0 aliphatic carbocycles. The summed E-state index contributed by atoms with van der Waals surface area (Å²) in [5, 5.41) is 13.5. The van der Waals surface area contributed by atoms with E-state index in [1.54, 1.807) is 14.2 Å². The van der Waals surface area contributed by atoms with Crippen molar-refractivity contribution in [2.45, 2.75) is 94.2 Å². The fourth-order valence-electron chi connectivity index (χ4n) is 10.4. The van der Waals surface area contributed by atoms with Gasteiger partial charge in [-0.3, -0.25) is 14.9 Å². The molecule has 0 saturated carbocycles. The number of likely N-dealkylation sites (N-methyl/N-ethyl adjacent to an activating group) is 1. The Morgan fingerprint density at radius 2 is 1.37 bits per heavy atom. The molecule has 328 valence electrons. The first-order valence-corrected chi connectivity index (χ1v) is 23.9. The van der Waals surface area contributed by atoms with Crippen molar-refractivity contribution in [3.63, 3.8) is 0 Å². The van der Waals surface area contributed by atoms with E-state index in [0.29, 0.717) is 48.8 Å². The lowest BCUT2D eigenvalue weighted by molar-refractivity contribution is 0.0790. The Bertz CT molecular complexity index is 2450. The molecule has 8 rings (SSSR count). The maximum absolute atomic E-state index is 6.90. The number of aromatic nitrogens is 4. The van der Waals surface area contributed by atoms with Crippen molar-refractivity contribution in [3.8, 4) is 23.3 Å². The minimum Gasteiger partial charge on any atom is -0.497 e. The van der Waals surface area contributed by atoms with Gasteiger partial charge in [-0.25, -0.2) is 0 Å². The Balaban J connectivity index is 1.12. The summed E-state index contributed by atoms with van der Waals surface area (Å²) in [5.74, 6) is 4.68. The second-order valence-electron chi connectivity index (χ2n) is 17.7. The molecule has 5 heterocycles. The van der Waals surface area contributed by atoms with Gasteiger partial charge in [-0.05, 0) is 142 Å². The van der Waals surface area contributed by atoms with Crippen LogP contribution in [0.5, 0.6) is 23.3 Å². The standard InChI is InChI=1S/C51H63IN6O4/c1-8-12-34-22-26-58(33(34)4)49(52)45(39-20-24-54-47-18-16-37(60-7)29-43(39)47)31-62-51-41-14-11-10-13-40(41)50(55-56-51)61-30-44(48-27-35(32(3)9-2)21-25-57(48)5)38-19-23-53-46-17-15-36(59-6)28-42(38)46/h10-11,13-20,23-24,28-29,32-35,44-45,48-49H,8-9,12,21-22,25-27,30-31H2,1-7H3/t32?,33?,34?,35?,44-,45-,48+,49-/m0/s1. The summed E-state index contributed by atoms with van der Waals surface area (Å²) < 4.78 is 25.3. The van der Waals surface area contributed by atoms with Crippen molar-refractivity contribution in [1.82, 2.24) is 30.0 Å². The molecule has 3 aromatic carbocycles. The van der Waals surface area contributed by atoms with Crippen molar-refractivity contribution in [3.05, 3.63) is 96.3 Å². The zero-order valence-corrected chi connectivity index (χ0v) is 39.6. The number of piperidine rings is 1. The molecule has 0 bridgehead atoms. The monoisotopic (exact) mass is 950 g/mol. The lowest BCUT2D eigenvalue weighted by Gasteiger charge is -2.43. The third-order valence-electron chi connectivity index (χ3n) is 14.3.